The highest BCUT2D eigenvalue weighted by Crippen LogP contribution is 2.44. The molecule has 0 spiro atoms. The highest BCUT2D eigenvalue weighted by Gasteiger charge is 2.52. The maximum Gasteiger partial charge on any atom is 0.511 e. The number of benzene rings is 1. The van der Waals surface area contributed by atoms with Gasteiger partial charge in [-0.05, 0) is 56.4 Å². The molecule has 0 saturated heterocycles. The Labute approximate surface area is 186 Å². The van der Waals surface area contributed by atoms with Crippen LogP contribution in [0.2, 0.25) is 0 Å². The van der Waals surface area contributed by atoms with E-state index in [4.69, 9.17) is 0 Å². The van der Waals surface area contributed by atoms with E-state index in [0.717, 1.165) is 17.8 Å². The molecule has 1 fully saturated rings. The van der Waals surface area contributed by atoms with Gasteiger partial charge in [-0.15, -0.1) is 0 Å². The zero-order chi connectivity index (χ0) is 24.3. The smallest absolute Gasteiger partial charge is 0.361 e. The van der Waals surface area contributed by atoms with Crippen LogP contribution in [0.4, 0.5) is 32.0 Å². The minimum absolute atomic E-state index is 0.0791. The van der Waals surface area contributed by atoms with E-state index in [9.17, 15) is 34.8 Å². The first-order valence-electron chi connectivity index (χ1n) is 10.2. The Morgan fingerprint density at radius 1 is 1.12 bits per heavy atom. The number of halogens is 6. The summed E-state index contributed by atoms with van der Waals surface area (Å²) in [5.41, 5.74) is -5.16. The Morgan fingerprint density at radius 2 is 1.79 bits per heavy atom. The zero-order valence-corrected chi connectivity index (χ0v) is 18.6. The molecule has 0 radical (unpaired) electrons. The highest BCUT2D eigenvalue weighted by atomic mass is 32.2. The van der Waals surface area contributed by atoms with Crippen molar-refractivity contribution in [2.45, 2.75) is 57.5 Å². The van der Waals surface area contributed by atoms with Crippen molar-refractivity contribution in [1.82, 2.24) is 14.3 Å². The summed E-state index contributed by atoms with van der Waals surface area (Å²) >= 11 is 0. The van der Waals surface area contributed by atoms with Gasteiger partial charge in [-0.2, -0.15) is 30.6 Å². The molecule has 0 bridgehead atoms. The predicted octanol–water partition coefficient (Wildman–Crippen LogP) is 4.50. The minimum Gasteiger partial charge on any atom is -0.361 e. The number of anilines is 1. The molecule has 4 rings (SSSR count). The lowest BCUT2D eigenvalue weighted by Gasteiger charge is -2.34. The molecule has 2 aromatic rings. The number of nitrogens with zero attached hydrogens (tertiary/aromatic N) is 3. The number of H-pyrrole nitrogens is 1. The Hall–Kier alpha value is -2.28. The molecule has 1 aromatic carbocycles. The van der Waals surface area contributed by atoms with Crippen molar-refractivity contribution in [1.29, 1.82) is 0 Å². The average Bonchev–Trinajstić information content (AvgIpc) is 3.47. The van der Waals surface area contributed by atoms with Crippen LogP contribution in [0.3, 0.4) is 0 Å². The van der Waals surface area contributed by atoms with Gasteiger partial charge in [0.2, 0.25) is 0 Å². The molecule has 2 heterocycles. The number of hydrogen-bond acceptors (Lipinski definition) is 4. The van der Waals surface area contributed by atoms with Gasteiger partial charge >= 0.3 is 21.7 Å². The van der Waals surface area contributed by atoms with Crippen LogP contribution < -0.4 is 4.90 Å². The summed E-state index contributed by atoms with van der Waals surface area (Å²) in [6, 6.07) is 2.17. The quantitative estimate of drug-likeness (QED) is 0.634. The van der Waals surface area contributed by atoms with Crippen molar-refractivity contribution in [2.75, 3.05) is 11.4 Å². The fourth-order valence-electron chi connectivity index (χ4n) is 4.30. The number of hydrogen-bond donors (Lipinski definition) is 1. The second kappa shape index (κ2) is 7.90. The molecule has 2 aliphatic rings. The molecule has 1 atom stereocenters. The average molecular weight is 496 g/mol. The Morgan fingerprint density at radius 3 is 2.30 bits per heavy atom. The molecular weight excluding hydrogens is 474 g/mol. The van der Waals surface area contributed by atoms with Gasteiger partial charge in [0, 0.05) is 30.5 Å². The summed E-state index contributed by atoms with van der Waals surface area (Å²) in [7, 11) is -5.75. The molecule has 1 aromatic heterocycles. The molecule has 0 unspecified atom stereocenters. The van der Waals surface area contributed by atoms with Gasteiger partial charge in [-0.3, -0.25) is 0 Å². The van der Waals surface area contributed by atoms with Crippen molar-refractivity contribution < 1.29 is 34.8 Å². The van der Waals surface area contributed by atoms with Gasteiger partial charge in [0.1, 0.15) is 5.82 Å². The van der Waals surface area contributed by atoms with Gasteiger partial charge in [0.15, 0.2) is 0 Å². The van der Waals surface area contributed by atoms with Crippen LogP contribution in [-0.4, -0.2) is 40.8 Å². The largest absolute Gasteiger partial charge is 0.511 e. The maximum atomic E-state index is 13.4. The third-order valence-electron chi connectivity index (χ3n) is 6.08. The fourth-order valence-corrected chi connectivity index (χ4v) is 5.25. The van der Waals surface area contributed by atoms with E-state index in [-0.39, 0.29) is 28.0 Å². The van der Waals surface area contributed by atoms with E-state index < -0.39 is 46.4 Å². The van der Waals surface area contributed by atoms with Crippen LogP contribution in [0.1, 0.15) is 41.2 Å². The second-order valence-electron chi connectivity index (χ2n) is 8.51. The molecule has 13 heteroatoms. The van der Waals surface area contributed by atoms with Crippen LogP contribution in [0.15, 0.2) is 18.2 Å². The van der Waals surface area contributed by atoms with Crippen molar-refractivity contribution in [3.8, 4) is 0 Å². The summed E-state index contributed by atoms with van der Waals surface area (Å²) < 4.78 is 105. The third-order valence-corrected chi connectivity index (χ3v) is 7.62. The molecule has 33 heavy (non-hydrogen) atoms. The van der Waals surface area contributed by atoms with Crippen LogP contribution in [0, 0.1) is 19.8 Å². The molecule has 1 aliphatic carbocycles. The first-order valence-corrected chi connectivity index (χ1v) is 11.7. The van der Waals surface area contributed by atoms with E-state index in [2.05, 4.69) is 9.97 Å². The van der Waals surface area contributed by atoms with E-state index in [0.29, 0.717) is 24.4 Å². The molecule has 0 amide bonds. The zero-order valence-electron chi connectivity index (χ0n) is 17.8. The summed E-state index contributed by atoms with van der Waals surface area (Å²) in [5, 5.41) is 0. The Bertz CT molecular complexity index is 1150. The molecule has 1 N–H and O–H groups in total. The number of rotatable bonds is 4. The number of fused-ring (bicyclic) bond motifs is 1. The molecule has 6 nitrogen and oxygen atoms in total. The van der Waals surface area contributed by atoms with Crippen molar-refractivity contribution in [3.63, 3.8) is 0 Å². The lowest BCUT2D eigenvalue weighted by Crippen LogP contribution is -2.47. The molecule has 1 aliphatic heterocycles. The summed E-state index contributed by atoms with van der Waals surface area (Å²) in [6.07, 6.45) is -3.35. The number of nitrogens with one attached hydrogen (secondary N) is 1. The first kappa shape index (κ1) is 23.9. The Balaban J connectivity index is 1.86. The summed E-state index contributed by atoms with van der Waals surface area (Å²) in [4.78, 5) is 9.14. The minimum atomic E-state index is -5.75. The number of aromatic amines is 1. The van der Waals surface area contributed by atoms with E-state index in [1.165, 1.54) is 6.07 Å². The van der Waals surface area contributed by atoms with Gasteiger partial charge in [0.25, 0.3) is 0 Å². The highest BCUT2D eigenvalue weighted by molar-refractivity contribution is 7.89. The topological polar surface area (TPSA) is 69.3 Å². The first-order chi connectivity index (χ1) is 15.2. The summed E-state index contributed by atoms with van der Waals surface area (Å²) in [5.74, 6) is 0.540. The number of alkyl halides is 6. The summed E-state index contributed by atoms with van der Waals surface area (Å²) in [6.45, 7) is 2.34. The van der Waals surface area contributed by atoms with Gasteiger partial charge in [-0.1, -0.05) is 0 Å². The normalized spacial score (nSPS) is 20.6. The molecule has 182 valence electrons. The van der Waals surface area contributed by atoms with Crippen molar-refractivity contribution >= 4 is 15.7 Å². The van der Waals surface area contributed by atoms with Crippen molar-refractivity contribution in [3.05, 3.63) is 46.5 Å². The number of imidazole rings is 1. The van der Waals surface area contributed by atoms with Crippen LogP contribution in [0.25, 0.3) is 0 Å². The monoisotopic (exact) mass is 496 g/mol. The molecular formula is C20H22F6N4O2S. The second-order valence-corrected chi connectivity index (χ2v) is 10.4. The number of aryl methyl sites for hydroxylation is 2. The third kappa shape index (κ3) is 4.57. The van der Waals surface area contributed by atoms with Crippen LogP contribution >= 0.6 is 0 Å². The van der Waals surface area contributed by atoms with Gasteiger partial charge in [-0.25, -0.2) is 13.4 Å². The van der Waals surface area contributed by atoms with Crippen molar-refractivity contribution in [2.24, 2.45) is 5.92 Å². The van der Waals surface area contributed by atoms with Gasteiger partial charge < -0.3 is 9.88 Å². The lowest BCUT2D eigenvalue weighted by atomic mass is 10.0. The van der Waals surface area contributed by atoms with Crippen LogP contribution in [0.5, 0.6) is 0 Å². The van der Waals surface area contributed by atoms with E-state index >= 15 is 0 Å². The maximum absolute atomic E-state index is 13.4. The predicted molar refractivity (Wildman–Crippen MR) is 108 cm³/mol. The lowest BCUT2D eigenvalue weighted by molar-refractivity contribution is -0.137. The Kier molecular flexibility index (Phi) is 5.71. The van der Waals surface area contributed by atoms with Gasteiger partial charge in [0.05, 0.1) is 17.8 Å². The molecule has 1 saturated carbocycles. The van der Waals surface area contributed by atoms with E-state index in [1.54, 1.807) is 18.7 Å². The standard InChI is InChI=1S/C20H22F6N4O2S/c1-11-16(28-12(2)27-11)9-30-17-6-5-15(19(21,22)23)7-14(17)8-29(10-18(30)13-3-4-13)33(31,32)20(24,25)26/h5-7,13,18H,3-4,8-10H2,1-2H3,(H,27,28)/t18-/m1/s1. The van der Waals surface area contributed by atoms with Crippen LogP contribution in [-0.2, 0) is 29.3 Å². The fraction of sp³-hybridized carbons (Fsp3) is 0.550. The number of aromatic nitrogens is 2. The SMILES string of the molecule is Cc1nc(CN2c3ccc(C(F)(F)F)cc3CN(S(=O)(=O)C(F)(F)F)C[C@@H]2C2CC2)c(C)[nH]1. The van der Waals surface area contributed by atoms with E-state index in [1.807, 2.05) is 0 Å². The number of sulfonamides is 1.